The Balaban J connectivity index is 1.12. The Morgan fingerprint density at radius 1 is 0.718 bits per heavy atom. The van der Waals surface area contributed by atoms with Gasteiger partial charge in [-0.05, 0) is 153 Å². The minimum absolute atomic E-state index is 0.141. The highest BCUT2D eigenvalue weighted by atomic mass is 16.6. The molecule has 3 aromatic rings. The summed E-state index contributed by atoms with van der Waals surface area (Å²) in [5.74, 6) is 0.761. The molecule has 19 nitrogen and oxygen atoms in total. The van der Waals surface area contributed by atoms with Crippen LogP contribution in [0.4, 0.5) is 26.1 Å². The molecule has 1 aliphatic heterocycles. The molecule has 2 fully saturated rings. The van der Waals surface area contributed by atoms with E-state index in [0.29, 0.717) is 64.4 Å². The molecule has 0 bridgehead atoms. The molecule has 0 unspecified atom stereocenters. The number of aryl methyl sites for hydroxylation is 1. The number of alkyl carbamates (subject to hydrolysis) is 1. The first-order chi connectivity index (χ1) is 33.3. The second kappa shape index (κ2) is 25.3. The number of fused-ring (bicyclic) bond motifs is 1. The number of hydrogen-bond donors (Lipinski definition) is 3. The average molecular weight is 992 g/mol. The van der Waals surface area contributed by atoms with Gasteiger partial charge in [-0.25, -0.2) is 24.2 Å². The van der Waals surface area contributed by atoms with Crippen molar-refractivity contribution < 1.29 is 38.1 Å². The standard InChI is InChI=1S/C52H85N11O8/c1-49(2,3)68-44(64)42(56-46(65)69-50(4,5)6)25-18-28-60-33-26-37(27-34-60)54-43-40-23-16-17-24-41(40)55-45(57-43)53-35-38-36-62(59-58-38)31-19-29-61(47(66)70-51(7,8)9)30-20-32-63(39-21-14-13-15-22-39)48(67)71-52(10,11)12/h16-17,23-24,36-37,39,42H,13-15,18-22,25-35H2,1-12H3,(H,56,65)(H2,53,54,55,57)/t42-/m0/s1. The number of carbonyl (C=O) groups excluding carboxylic acids is 4. The summed E-state index contributed by atoms with van der Waals surface area (Å²) in [7, 11) is 0. The number of piperidine rings is 1. The van der Waals surface area contributed by atoms with Gasteiger partial charge in [0.1, 0.15) is 40.0 Å². The zero-order chi connectivity index (χ0) is 52.0. The molecule has 19 heteroatoms. The number of amides is 3. The number of hydrogen-bond acceptors (Lipinski definition) is 15. The SMILES string of the molecule is CC(C)(C)OC(=O)N[C@@H](CCCN1CCC(Nc2nc(NCc3cn(CCCN(CCCN(C(=O)OC(C)(C)C)C4CCCCC4)C(=O)OC(C)(C)C)nn3)nc3ccccc23)CC1)C(=O)OC(C)(C)C. The van der Waals surface area contributed by atoms with Crippen LogP contribution in [0.5, 0.6) is 0 Å². The number of anilines is 2. The van der Waals surface area contributed by atoms with E-state index >= 15 is 0 Å². The van der Waals surface area contributed by atoms with Crippen molar-refractivity contribution in [2.24, 2.45) is 0 Å². The molecular weight excluding hydrogens is 907 g/mol. The van der Waals surface area contributed by atoms with Crippen molar-refractivity contribution in [3.63, 3.8) is 0 Å². The van der Waals surface area contributed by atoms with E-state index in [9.17, 15) is 19.2 Å². The Morgan fingerprint density at radius 2 is 1.35 bits per heavy atom. The van der Waals surface area contributed by atoms with Gasteiger partial charge in [-0.1, -0.05) is 36.6 Å². The molecule has 0 radical (unpaired) electrons. The molecule has 1 aliphatic carbocycles. The lowest BCUT2D eigenvalue weighted by Crippen LogP contribution is -2.46. The van der Waals surface area contributed by atoms with Gasteiger partial charge in [0.05, 0.1) is 18.3 Å². The third kappa shape index (κ3) is 20.3. The Bertz CT molecular complexity index is 2180. The predicted octanol–water partition coefficient (Wildman–Crippen LogP) is 9.31. The Labute approximate surface area is 422 Å². The van der Waals surface area contributed by atoms with Gasteiger partial charge < -0.3 is 49.6 Å². The Hall–Kier alpha value is -5.46. The number of likely N-dealkylation sites (tertiary alicyclic amines) is 1. The van der Waals surface area contributed by atoms with E-state index < -0.39 is 40.5 Å². The van der Waals surface area contributed by atoms with Gasteiger partial charge in [-0.2, -0.15) is 4.98 Å². The highest BCUT2D eigenvalue weighted by molar-refractivity contribution is 5.90. The molecule has 71 heavy (non-hydrogen) atoms. The fourth-order valence-electron chi connectivity index (χ4n) is 8.66. The van der Waals surface area contributed by atoms with Crippen LogP contribution in [0, 0.1) is 0 Å². The number of ether oxygens (including phenoxy) is 4. The predicted molar refractivity (Wildman–Crippen MR) is 275 cm³/mol. The smallest absolute Gasteiger partial charge is 0.410 e. The normalized spacial score (nSPS) is 15.9. The van der Waals surface area contributed by atoms with Crippen molar-refractivity contribution in [2.45, 2.75) is 207 Å². The molecule has 5 rings (SSSR count). The molecule has 3 heterocycles. The highest BCUT2D eigenvalue weighted by Gasteiger charge is 2.32. The summed E-state index contributed by atoms with van der Waals surface area (Å²) in [6.07, 6.45) is 10.0. The molecule has 0 spiro atoms. The van der Waals surface area contributed by atoms with Crippen LogP contribution >= 0.6 is 0 Å². The van der Waals surface area contributed by atoms with Gasteiger partial charge in [-0.15, -0.1) is 5.10 Å². The van der Waals surface area contributed by atoms with Crippen LogP contribution in [0.2, 0.25) is 0 Å². The van der Waals surface area contributed by atoms with E-state index in [1.165, 1.54) is 6.42 Å². The summed E-state index contributed by atoms with van der Waals surface area (Å²) in [6, 6.07) is 7.47. The summed E-state index contributed by atoms with van der Waals surface area (Å²) in [6.45, 7) is 26.8. The summed E-state index contributed by atoms with van der Waals surface area (Å²) in [5.41, 5.74) is -1.08. The topological polar surface area (TPSA) is 207 Å². The van der Waals surface area contributed by atoms with E-state index in [-0.39, 0.29) is 24.3 Å². The summed E-state index contributed by atoms with van der Waals surface area (Å²) in [5, 5.41) is 19.5. The van der Waals surface area contributed by atoms with Crippen molar-refractivity contribution in [3.8, 4) is 0 Å². The number of nitrogens with one attached hydrogen (secondary N) is 3. The van der Waals surface area contributed by atoms with Crippen LogP contribution in [0.3, 0.4) is 0 Å². The largest absolute Gasteiger partial charge is 0.458 e. The number of esters is 1. The molecular formula is C52H85N11O8. The van der Waals surface area contributed by atoms with Crippen molar-refractivity contribution in [1.29, 1.82) is 0 Å². The maximum Gasteiger partial charge on any atom is 0.410 e. The molecule has 3 N–H and O–H groups in total. The van der Waals surface area contributed by atoms with E-state index in [0.717, 1.165) is 80.6 Å². The third-order valence-electron chi connectivity index (χ3n) is 11.8. The van der Waals surface area contributed by atoms with Gasteiger partial charge in [0.2, 0.25) is 5.95 Å². The molecule has 396 valence electrons. The van der Waals surface area contributed by atoms with Crippen LogP contribution in [0.25, 0.3) is 10.9 Å². The fraction of sp³-hybridized carbons (Fsp3) is 0.731. The van der Waals surface area contributed by atoms with Gasteiger partial charge in [-0.3, -0.25) is 4.68 Å². The van der Waals surface area contributed by atoms with Gasteiger partial charge in [0.25, 0.3) is 0 Å². The number of aromatic nitrogens is 5. The second-order valence-electron chi connectivity index (χ2n) is 23.0. The number of nitrogens with zero attached hydrogens (tertiary/aromatic N) is 8. The minimum Gasteiger partial charge on any atom is -0.458 e. The summed E-state index contributed by atoms with van der Waals surface area (Å²) in [4.78, 5) is 68.1. The Kier molecular flexibility index (Phi) is 20.1. The lowest BCUT2D eigenvalue weighted by molar-refractivity contribution is -0.157. The van der Waals surface area contributed by atoms with E-state index in [2.05, 4.69) is 31.2 Å². The monoisotopic (exact) mass is 992 g/mol. The number of benzene rings is 1. The van der Waals surface area contributed by atoms with Crippen molar-refractivity contribution in [2.75, 3.05) is 49.9 Å². The van der Waals surface area contributed by atoms with Crippen LogP contribution in [-0.2, 0) is 36.8 Å². The quantitative estimate of drug-likeness (QED) is 0.0712. The summed E-state index contributed by atoms with van der Waals surface area (Å²) < 4.78 is 24.4. The van der Waals surface area contributed by atoms with Gasteiger partial charge >= 0.3 is 24.2 Å². The maximum atomic E-state index is 13.4. The number of rotatable bonds is 20. The van der Waals surface area contributed by atoms with E-state index in [1.54, 1.807) is 30.4 Å². The Morgan fingerprint density at radius 3 is 2.01 bits per heavy atom. The van der Waals surface area contributed by atoms with Crippen LogP contribution in [-0.4, -0.2) is 144 Å². The molecule has 2 aliphatic rings. The van der Waals surface area contributed by atoms with Crippen LogP contribution in [0.15, 0.2) is 30.5 Å². The van der Waals surface area contributed by atoms with Crippen molar-refractivity contribution >= 4 is 46.9 Å². The fourth-order valence-corrected chi connectivity index (χ4v) is 8.66. The van der Waals surface area contributed by atoms with Crippen LogP contribution in [0.1, 0.15) is 159 Å². The molecule has 1 aromatic carbocycles. The summed E-state index contributed by atoms with van der Waals surface area (Å²) >= 11 is 0. The molecule has 3 amide bonds. The maximum absolute atomic E-state index is 13.4. The average Bonchev–Trinajstić information content (AvgIpc) is 3.72. The zero-order valence-corrected chi connectivity index (χ0v) is 44.9. The first-order valence-electron chi connectivity index (χ1n) is 25.9. The number of carbonyl (C=O) groups is 4. The minimum atomic E-state index is -0.808. The number of para-hydroxylation sites is 1. The lowest BCUT2D eigenvalue weighted by atomic mass is 9.94. The molecule has 2 aromatic heterocycles. The molecule has 1 saturated carbocycles. The van der Waals surface area contributed by atoms with Gasteiger partial charge in [0, 0.05) is 56.7 Å². The van der Waals surface area contributed by atoms with Crippen molar-refractivity contribution in [3.05, 3.63) is 36.2 Å². The van der Waals surface area contributed by atoms with E-state index in [1.807, 2.05) is 97.7 Å². The van der Waals surface area contributed by atoms with Gasteiger partial charge in [0.15, 0.2) is 0 Å². The highest BCUT2D eigenvalue weighted by Crippen LogP contribution is 2.27. The molecule has 1 atom stereocenters. The zero-order valence-electron chi connectivity index (χ0n) is 44.9. The second-order valence-corrected chi connectivity index (χ2v) is 23.0. The van der Waals surface area contributed by atoms with E-state index in [4.69, 9.17) is 28.9 Å². The lowest BCUT2D eigenvalue weighted by Gasteiger charge is -2.36. The molecule has 1 saturated heterocycles. The first-order valence-corrected chi connectivity index (χ1v) is 25.9. The van der Waals surface area contributed by atoms with Crippen LogP contribution < -0.4 is 16.0 Å². The van der Waals surface area contributed by atoms with Crippen molar-refractivity contribution in [1.82, 2.24) is 45.0 Å². The third-order valence-corrected chi connectivity index (χ3v) is 11.8. The first kappa shape index (κ1) is 56.5.